The smallest absolute Gasteiger partial charge is 0.337 e. The number of ether oxygens (including phenoxy) is 2. The van der Waals surface area contributed by atoms with Crippen molar-refractivity contribution in [2.45, 2.75) is 51.6 Å². The topological polar surface area (TPSA) is 77.3 Å². The first-order chi connectivity index (χ1) is 11.2. The van der Waals surface area contributed by atoms with Crippen LogP contribution in [-0.4, -0.2) is 47.6 Å². The fraction of sp³-hybridized carbons (Fsp3) is 0.750. The van der Waals surface area contributed by atoms with Gasteiger partial charge in [-0.05, 0) is 49.1 Å². The average molecular weight is 373 g/mol. The number of esters is 2. The zero-order valence-corrected chi connectivity index (χ0v) is 16.5. The van der Waals surface area contributed by atoms with Gasteiger partial charge in [0.2, 0.25) is 11.1 Å². The van der Waals surface area contributed by atoms with Crippen molar-refractivity contribution in [3.8, 4) is 0 Å². The zero-order chi connectivity index (χ0) is 19.0. The number of carbonyl (C=O) groups is 2. The molecule has 6 nitrogen and oxygen atoms in total. The Morgan fingerprint density at radius 2 is 1.17 bits per heavy atom. The van der Waals surface area contributed by atoms with Gasteiger partial charge < -0.3 is 9.47 Å². The molecule has 0 amide bonds. The van der Waals surface area contributed by atoms with Gasteiger partial charge in [0.25, 0.3) is 0 Å². The molecule has 0 heterocycles. The van der Waals surface area contributed by atoms with E-state index in [1.54, 1.807) is 0 Å². The van der Waals surface area contributed by atoms with E-state index in [-0.39, 0.29) is 24.7 Å². The molecule has 8 heteroatoms. The molecule has 0 aliphatic heterocycles. The van der Waals surface area contributed by atoms with Gasteiger partial charge in [0.1, 0.15) is 0 Å². The number of hydrogen-bond acceptors (Lipinski definition) is 8. The van der Waals surface area contributed by atoms with Crippen molar-refractivity contribution in [1.82, 2.24) is 0 Å². The summed E-state index contributed by atoms with van der Waals surface area (Å²) < 4.78 is 9.90. The molecule has 2 atom stereocenters. The quantitative estimate of drug-likeness (QED) is 0.352. The lowest BCUT2D eigenvalue weighted by Gasteiger charge is -2.41. The van der Waals surface area contributed by atoms with Crippen molar-refractivity contribution in [2.75, 3.05) is 14.2 Å². The van der Waals surface area contributed by atoms with Crippen LogP contribution in [0.15, 0.2) is 9.98 Å². The molecule has 0 aliphatic rings. The van der Waals surface area contributed by atoms with Crippen LogP contribution in [0.5, 0.6) is 0 Å². The van der Waals surface area contributed by atoms with E-state index >= 15 is 0 Å². The number of carbonyl (C=O) groups excluding carboxylic acids is 2. The van der Waals surface area contributed by atoms with Gasteiger partial charge in [0.05, 0.1) is 24.5 Å². The van der Waals surface area contributed by atoms with Crippen molar-refractivity contribution >= 4 is 46.7 Å². The number of nitrogens with zero attached hydrogens (tertiary/aromatic N) is 2. The predicted octanol–water partition coefficient (Wildman–Crippen LogP) is 3.11. The average Bonchev–Trinajstić information content (AvgIpc) is 2.51. The summed E-state index contributed by atoms with van der Waals surface area (Å²) in [6, 6.07) is 0. The van der Waals surface area contributed by atoms with Crippen LogP contribution in [0.4, 0.5) is 0 Å². The molecule has 134 valence electrons. The third-order valence-electron chi connectivity index (χ3n) is 3.61. The van der Waals surface area contributed by atoms with Gasteiger partial charge in [0.15, 0.2) is 0 Å². The largest absolute Gasteiger partial charge is 0.467 e. The molecule has 0 bridgehead atoms. The predicted molar refractivity (Wildman–Crippen MR) is 98.5 cm³/mol. The molecule has 0 unspecified atom stereocenters. The highest BCUT2D eigenvalue weighted by Crippen LogP contribution is 2.42. The second-order valence-electron chi connectivity index (χ2n) is 6.31. The lowest BCUT2D eigenvalue weighted by Crippen LogP contribution is -2.63. The van der Waals surface area contributed by atoms with Gasteiger partial charge in [-0.1, -0.05) is 27.7 Å². The fourth-order valence-corrected chi connectivity index (χ4v) is 3.20. The monoisotopic (exact) mass is 372 g/mol. The molecular weight excluding hydrogens is 348 g/mol. The molecule has 0 fully saturated rings. The molecule has 0 aromatic heterocycles. The summed E-state index contributed by atoms with van der Waals surface area (Å²) >= 11 is 9.49. The van der Waals surface area contributed by atoms with E-state index in [1.165, 1.54) is 14.2 Å². The molecule has 0 N–H and O–H groups in total. The SMILES string of the molecule is COC(=O)[C@@](CC(C)C)(N=C=S)[C@](CC(C)C)(N=C=S)C(=O)OC. The van der Waals surface area contributed by atoms with Crippen molar-refractivity contribution < 1.29 is 19.1 Å². The Balaban J connectivity index is 6.96. The first-order valence-corrected chi connectivity index (χ1v) is 8.34. The molecule has 0 aromatic carbocycles. The molecular formula is C16H24N2O4S2. The second-order valence-corrected chi connectivity index (χ2v) is 6.67. The molecule has 0 saturated heterocycles. The van der Waals surface area contributed by atoms with E-state index < -0.39 is 23.0 Å². The van der Waals surface area contributed by atoms with Crippen molar-refractivity contribution in [3.05, 3.63) is 0 Å². The van der Waals surface area contributed by atoms with E-state index in [4.69, 9.17) is 33.9 Å². The summed E-state index contributed by atoms with van der Waals surface area (Å²) in [6.45, 7) is 7.54. The Bertz CT molecular complexity index is 516. The minimum absolute atomic E-state index is 0.0206. The summed E-state index contributed by atoms with van der Waals surface area (Å²) in [7, 11) is 2.43. The highest BCUT2D eigenvalue weighted by Gasteiger charge is 2.64. The van der Waals surface area contributed by atoms with Gasteiger partial charge in [-0.3, -0.25) is 0 Å². The van der Waals surface area contributed by atoms with Crippen LogP contribution in [0, 0.1) is 11.8 Å². The van der Waals surface area contributed by atoms with E-state index in [2.05, 4.69) is 20.3 Å². The molecule has 0 spiro atoms. The molecule has 0 aromatic rings. The van der Waals surface area contributed by atoms with Crippen LogP contribution >= 0.6 is 24.4 Å². The van der Waals surface area contributed by atoms with E-state index in [0.717, 1.165) is 0 Å². The van der Waals surface area contributed by atoms with E-state index in [0.29, 0.717) is 0 Å². The lowest BCUT2D eigenvalue weighted by atomic mass is 9.68. The molecule has 0 saturated carbocycles. The van der Waals surface area contributed by atoms with Crippen molar-refractivity contribution in [3.63, 3.8) is 0 Å². The Labute approximate surface area is 153 Å². The van der Waals surface area contributed by atoms with E-state index in [1.807, 2.05) is 27.7 Å². The standard InChI is InChI=1S/C16H24N2O4S2/c1-11(2)7-15(17-9-23,13(19)21-5)16(18-10-24,8-12(3)4)14(20)22-6/h11-12H,7-8H2,1-6H3/t15-,16-/m1/s1. The molecule has 0 radical (unpaired) electrons. The van der Waals surface area contributed by atoms with Crippen LogP contribution in [0.3, 0.4) is 0 Å². The highest BCUT2D eigenvalue weighted by molar-refractivity contribution is 7.78. The van der Waals surface area contributed by atoms with Gasteiger partial charge in [0, 0.05) is 0 Å². The number of methoxy groups -OCH3 is 2. The Morgan fingerprint density at radius 3 is 1.33 bits per heavy atom. The Morgan fingerprint density at radius 1 is 0.875 bits per heavy atom. The molecule has 24 heavy (non-hydrogen) atoms. The Kier molecular flexibility index (Phi) is 9.15. The van der Waals surface area contributed by atoms with Crippen LogP contribution in [0.2, 0.25) is 0 Å². The summed E-state index contributed by atoms with van der Waals surface area (Å²) in [4.78, 5) is 33.7. The summed E-state index contributed by atoms with van der Waals surface area (Å²) in [5.74, 6) is -1.53. The van der Waals surface area contributed by atoms with Crippen LogP contribution in [0.1, 0.15) is 40.5 Å². The first-order valence-electron chi connectivity index (χ1n) is 7.52. The van der Waals surface area contributed by atoms with Gasteiger partial charge in [-0.15, -0.1) is 0 Å². The van der Waals surface area contributed by atoms with E-state index in [9.17, 15) is 9.59 Å². The van der Waals surface area contributed by atoms with Crippen LogP contribution in [-0.2, 0) is 19.1 Å². The number of rotatable bonds is 9. The summed E-state index contributed by atoms with van der Waals surface area (Å²) in [5.41, 5.74) is -3.44. The third-order valence-corrected chi connectivity index (χ3v) is 3.79. The Hall–Kier alpha value is -1.46. The second kappa shape index (κ2) is 9.74. The summed E-state index contributed by atoms with van der Waals surface area (Å²) in [5, 5.41) is 4.45. The molecule has 0 aliphatic carbocycles. The van der Waals surface area contributed by atoms with Crippen molar-refractivity contribution in [2.24, 2.45) is 21.8 Å². The minimum atomic E-state index is -1.72. The zero-order valence-electron chi connectivity index (χ0n) is 14.9. The first kappa shape index (κ1) is 22.5. The van der Waals surface area contributed by atoms with Crippen LogP contribution in [0.25, 0.3) is 0 Å². The highest BCUT2D eigenvalue weighted by atomic mass is 32.1. The number of hydrogen-bond donors (Lipinski definition) is 0. The molecule has 0 rings (SSSR count). The van der Waals surface area contributed by atoms with Crippen molar-refractivity contribution in [1.29, 1.82) is 0 Å². The van der Waals surface area contributed by atoms with Crippen LogP contribution < -0.4 is 0 Å². The summed E-state index contributed by atoms with van der Waals surface area (Å²) in [6.07, 6.45) is 0.317. The number of thiocarbonyl (C=S) groups is 2. The minimum Gasteiger partial charge on any atom is -0.467 e. The number of aliphatic imine (C=N–C) groups is 2. The maximum atomic E-state index is 12.8. The fourth-order valence-electron chi connectivity index (χ4n) is 2.88. The van der Waals surface area contributed by atoms with Gasteiger partial charge in [-0.25, -0.2) is 19.6 Å². The maximum Gasteiger partial charge on any atom is 0.337 e. The third kappa shape index (κ3) is 4.54. The lowest BCUT2D eigenvalue weighted by molar-refractivity contribution is -0.162. The van der Waals surface area contributed by atoms with Gasteiger partial charge in [-0.2, -0.15) is 0 Å². The maximum absolute atomic E-state index is 12.8. The van der Waals surface area contributed by atoms with Gasteiger partial charge >= 0.3 is 11.9 Å². The number of isothiocyanates is 2. The normalized spacial score (nSPS) is 15.5.